The molecule has 0 spiro atoms. The van der Waals surface area contributed by atoms with Crippen molar-refractivity contribution in [3.8, 4) is 11.4 Å². The first-order chi connectivity index (χ1) is 11.3. The van der Waals surface area contributed by atoms with Crippen molar-refractivity contribution in [2.75, 3.05) is 5.32 Å². The number of anilines is 1. The summed E-state index contributed by atoms with van der Waals surface area (Å²) in [6.45, 7) is 0.569. The quantitative estimate of drug-likeness (QED) is 0.624. The summed E-state index contributed by atoms with van der Waals surface area (Å²) in [7, 11) is 0. The van der Waals surface area contributed by atoms with Gasteiger partial charge in [-0.25, -0.2) is 9.37 Å². The highest BCUT2D eigenvalue weighted by Gasteiger charge is 2.13. The van der Waals surface area contributed by atoms with Crippen LogP contribution >= 0.6 is 11.3 Å². The summed E-state index contributed by atoms with van der Waals surface area (Å²) in [5.41, 5.74) is 3.64. The third-order valence-corrected chi connectivity index (χ3v) is 3.95. The average molecular weight is 326 g/mol. The molecule has 0 fully saturated rings. The van der Waals surface area contributed by atoms with Crippen LogP contribution in [0.15, 0.2) is 47.3 Å². The standard InChI is InChI=1S/C15H11FN6S/c16-12-4-2-1-3-11(12)15-20-19-14-6-5-13(21-22(14)15)17-7-10-8-23-9-18-10/h1-6,8-9H,7H2,(H,17,21). The van der Waals surface area contributed by atoms with E-state index in [-0.39, 0.29) is 5.82 Å². The lowest BCUT2D eigenvalue weighted by Gasteiger charge is -2.05. The van der Waals surface area contributed by atoms with E-state index in [1.807, 2.05) is 11.4 Å². The zero-order valence-corrected chi connectivity index (χ0v) is 12.7. The average Bonchev–Trinajstić information content (AvgIpc) is 3.23. The molecule has 0 radical (unpaired) electrons. The highest BCUT2D eigenvalue weighted by atomic mass is 32.1. The van der Waals surface area contributed by atoms with Crippen LogP contribution < -0.4 is 5.32 Å². The van der Waals surface area contributed by atoms with Gasteiger partial charge in [0, 0.05) is 5.38 Å². The van der Waals surface area contributed by atoms with Crippen molar-refractivity contribution < 1.29 is 4.39 Å². The molecule has 6 nitrogen and oxygen atoms in total. The molecule has 1 aromatic carbocycles. The lowest BCUT2D eigenvalue weighted by molar-refractivity contribution is 0.629. The van der Waals surface area contributed by atoms with E-state index in [1.54, 1.807) is 41.1 Å². The monoisotopic (exact) mass is 326 g/mol. The van der Waals surface area contributed by atoms with E-state index in [1.165, 1.54) is 10.6 Å². The summed E-state index contributed by atoms with van der Waals surface area (Å²) in [4.78, 5) is 4.21. The molecule has 1 N–H and O–H groups in total. The zero-order chi connectivity index (χ0) is 15.6. The number of nitrogens with one attached hydrogen (secondary N) is 1. The maximum Gasteiger partial charge on any atom is 0.188 e. The Morgan fingerprint density at radius 2 is 2.04 bits per heavy atom. The van der Waals surface area contributed by atoms with Crippen LogP contribution in [-0.4, -0.2) is 24.8 Å². The molecule has 0 aliphatic heterocycles. The molecule has 0 aliphatic carbocycles. The van der Waals surface area contributed by atoms with Gasteiger partial charge in [0.15, 0.2) is 11.5 Å². The fourth-order valence-corrected chi connectivity index (χ4v) is 2.76. The summed E-state index contributed by atoms with van der Waals surface area (Å²) in [6, 6.07) is 10.0. The van der Waals surface area contributed by atoms with Gasteiger partial charge >= 0.3 is 0 Å². The van der Waals surface area contributed by atoms with Gasteiger partial charge in [0.2, 0.25) is 0 Å². The molecule has 4 rings (SSSR count). The van der Waals surface area contributed by atoms with Crippen LogP contribution in [0.2, 0.25) is 0 Å². The van der Waals surface area contributed by atoms with Gasteiger partial charge in [-0.2, -0.15) is 4.52 Å². The number of hydrogen-bond acceptors (Lipinski definition) is 6. The van der Waals surface area contributed by atoms with Gasteiger partial charge in [0.05, 0.1) is 23.3 Å². The number of halogens is 1. The van der Waals surface area contributed by atoms with Crippen LogP contribution in [-0.2, 0) is 6.54 Å². The van der Waals surface area contributed by atoms with Crippen molar-refractivity contribution in [3.05, 3.63) is 58.8 Å². The van der Waals surface area contributed by atoms with Crippen molar-refractivity contribution in [3.63, 3.8) is 0 Å². The molecular weight excluding hydrogens is 315 g/mol. The number of fused-ring (bicyclic) bond motifs is 1. The first-order valence-electron chi connectivity index (χ1n) is 6.89. The predicted octanol–water partition coefficient (Wildman–Crippen LogP) is 3.00. The fraction of sp³-hybridized carbons (Fsp3) is 0.0667. The molecule has 0 saturated carbocycles. The van der Waals surface area contributed by atoms with Gasteiger partial charge in [-0.15, -0.1) is 26.6 Å². The van der Waals surface area contributed by atoms with Gasteiger partial charge < -0.3 is 5.32 Å². The molecule has 0 aliphatic rings. The second-order valence-corrected chi connectivity index (χ2v) is 5.54. The molecule has 0 bridgehead atoms. The summed E-state index contributed by atoms with van der Waals surface area (Å²) in [6.07, 6.45) is 0. The molecule has 3 aromatic heterocycles. The van der Waals surface area contributed by atoms with Crippen molar-refractivity contribution in [1.82, 2.24) is 24.8 Å². The predicted molar refractivity (Wildman–Crippen MR) is 85.6 cm³/mol. The summed E-state index contributed by atoms with van der Waals surface area (Å²) >= 11 is 1.54. The molecule has 3 heterocycles. The Hall–Kier alpha value is -2.87. The Labute approximate surface area is 134 Å². The Morgan fingerprint density at radius 1 is 1.13 bits per heavy atom. The van der Waals surface area contributed by atoms with E-state index in [2.05, 4.69) is 25.6 Å². The molecule has 0 amide bonds. The van der Waals surface area contributed by atoms with E-state index in [4.69, 9.17) is 0 Å². The Bertz CT molecular complexity index is 950. The highest BCUT2D eigenvalue weighted by Crippen LogP contribution is 2.21. The first kappa shape index (κ1) is 13.8. The van der Waals surface area contributed by atoms with Crippen LogP contribution in [0.1, 0.15) is 5.69 Å². The number of hydrogen-bond donors (Lipinski definition) is 1. The largest absolute Gasteiger partial charge is 0.363 e. The second kappa shape index (κ2) is 5.73. The molecule has 4 aromatic rings. The minimum absolute atomic E-state index is 0.357. The zero-order valence-electron chi connectivity index (χ0n) is 11.8. The molecule has 114 valence electrons. The van der Waals surface area contributed by atoms with E-state index in [0.717, 1.165) is 5.69 Å². The molecule has 0 atom stereocenters. The second-order valence-electron chi connectivity index (χ2n) is 4.83. The van der Waals surface area contributed by atoms with Crippen molar-refractivity contribution in [1.29, 1.82) is 0 Å². The van der Waals surface area contributed by atoms with E-state index in [9.17, 15) is 4.39 Å². The van der Waals surface area contributed by atoms with Crippen LogP contribution in [0.5, 0.6) is 0 Å². The van der Waals surface area contributed by atoms with Crippen molar-refractivity contribution >= 4 is 22.8 Å². The van der Waals surface area contributed by atoms with Crippen LogP contribution in [0.4, 0.5) is 10.2 Å². The number of rotatable bonds is 4. The molecular formula is C15H11FN6S. The lowest BCUT2D eigenvalue weighted by Crippen LogP contribution is -2.05. The van der Waals surface area contributed by atoms with E-state index < -0.39 is 0 Å². The lowest BCUT2D eigenvalue weighted by atomic mass is 10.2. The van der Waals surface area contributed by atoms with Gasteiger partial charge in [0.25, 0.3) is 0 Å². The Kier molecular flexibility index (Phi) is 3.43. The summed E-state index contributed by atoms with van der Waals surface area (Å²) < 4.78 is 15.5. The normalized spacial score (nSPS) is 11.0. The van der Waals surface area contributed by atoms with E-state index >= 15 is 0 Å². The van der Waals surface area contributed by atoms with Crippen LogP contribution in [0.25, 0.3) is 17.0 Å². The van der Waals surface area contributed by atoms with Gasteiger partial charge in [-0.05, 0) is 24.3 Å². The molecule has 0 unspecified atom stereocenters. The minimum Gasteiger partial charge on any atom is -0.363 e. The number of benzene rings is 1. The fourth-order valence-electron chi connectivity index (χ4n) is 2.20. The molecule has 23 heavy (non-hydrogen) atoms. The molecule has 0 saturated heterocycles. The number of nitrogens with zero attached hydrogens (tertiary/aromatic N) is 5. The Balaban J connectivity index is 1.70. The van der Waals surface area contributed by atoms with Crippen LogP contribution in [0, 0.1) is 5.82 Å². The summed E-state index contributed by atoms with van der Waals surface area (Å²) in [5.74, 6) is 0.655. The molecule has 8 heteroatoms. The highest BCUT2D eigenvalue weighted by molar-refractivity contribution is 7.07. The van der Waals surface area contributed by atoms with Crippen molar-refractivity contribution in [2.24, 2.45) is 0 Å². The SMILES string of the molecule is Fc1ccccc1-c1nnc2ccc(NCc3cscn3)nn12. The minimum atomic E-state index is -0.357. The number of aromatic nitrogens is 5. The number of thiazole rings is 1. The van der Waals surface area contributed by atoms with Gasteiger partial charge in [0.1, 0.15) is 11.6 Å². The first-order valence-corrected chi connectivity index (χ1v) is 7.84. The maximum atomic E-state index is 14.0. The van der Waals surface area contributed by atoms with Gasteiger partial charge in [-0.3, -0.25) is 0 Å². The van der Waals surface area contributed by atoms with E-state index in [0.29, 0.717) is 29.4 Å². The Morgan fingerprint density at radius 3 is 2.87 bits per heavy atom. The summed E-state index contributed by atoms with van der Waals surface area (Å²) in [5, 5.41) is 17.7. The smallest absolute Gasteiger partial charge is 0.188 e. The third kappa shape index (κ3) is 2.64. The topological polar surface area (TPSA) is 68.0 Å². The van der Waals surface area contributed by atoms with Crippen molar-refractivity contribution in [2.45, 2.75) is 6.54 Å². The maximum absolute atomic E-state index is 14.0. The van der Waals surface area contributed by atoms with Gasteiger partial charge in [-0.1, -0.05) is 12.1 Å². The van der Waals surface area contributed by atoms with Crippen LogP contribution in [0.3, 0.4) is 0 Å². The third-order valence-electron chi connectivity index (χ3n) is 3.31.